The van der Waals surface area contributed by atoms with E-state index in [1.807, 2.05) is 24.3 Å². The van der Waals surface area contributed by atoms with Crippen molar-refractivity contribution in [2.75, 3.05) is 37.0 Å². The monoisotopic (exact) mass is 423 g/mol. The third kappa shape index (κ3) is 5.49. The molecule has 2 aromatic rings. The van der Waals surface area contributed by atoms with E-state index in [4.69, 9.17) is 4.74 Å². The lowest BCUT2D eigenvalue weighted by Gasteiger charge is -2.19. The zero-order valence-electron chi connectivity index (χ0n) is 18.2. The Labute approximate surface area is 182 Å². The van der Waals surface area contributed by atoms with Crippen LogP contribution in [-0.4, -0.2) is 44.5 Å². The van der Waals surface area contributed by atoms with Gasteiger partial charge in [0.2, 0.25) is 11.8 Å². The van der Waals surface area contributed by atoms with Gasteiger partial charge in [-0.05, 0) is 35.7 Å². The van der Waals surface area contributed by atoms with Gasteiger partial charge in [-0.15, -0.1) is 0 Å². The van der Waals surface area contributed by atoms with Crippen molar-refractivity contribution in [3.8, 4) is 0 Å². The first-order chi connectivity index (χ1) is 14.9. The van der Waals surface area contributed by atoms with Crippen LogP contribution in [0.1, 0.15) is 42.1 Å². The van der Waals surface area contributed by atoms with Gasteiger partial charge in [-0.25, -0.2) is 0 Å². The summed E-state index contributed by atoms with van der Waals surface area (Å²) < 4.78 is 4.95. The Kier molecular flexibility index (Phi) is 7.41. The number of methoxy groups -OCH3 is 1. The molecule has 1 fully saturated rings. The molecule has 0 spiro atoms. The molecule has 31 heavy (non-hydrogen) atoms. The molecule has 2 N–H and O–H groups in total. The summed E-state index contributed by atoms with van der Waals surface area (Å²) in [5, 5.41) is 5.59. The number of para-hydroxylation sites is 1. The van der Waals surface area contributed by atoms with Crippen LogP contribution in [0.2, 0.25) is 0 Å². The highest BCUT2D eigenvalue weighted by molar-refractivity contribution is 6.07. The molecule has 0 aliphatic carbocycles. The van der Waals surface area contributed by atoms with Gasteiger partial charge in [0.15, 0.2) is 0 Å². The van der Waals surface area contributed by atoms with E-state index in [0.29, 0.717) is 36.9 Å². The van der Waals surface area contributed by atoms with Crippen LogP contribution in [0.25, 0.3) is 0 Å². The average Bonchev–Trinajstić information content (AvgIpc) is 3.16. The van der Waals surface area contributed by atoms with Crippen molar-refractivity contribution in [3.05, 3.63) is 59.7 Å². The quantitative estimate of drug-likeness (QED) is 0.639. The number of nitrogens with one attached hydrogen (secondary N) is 2. The number of benzene rings is 2. The lowest BCUT2D eigenvalue weighted by molar-refractivity contribution is -0.122. The molecular formula is C24H29N3O4. The van der Waals surface area contributed by atoms with Gasteiger partial charge in [0, 0.05) is 32.3 Å². The highest BCUT2D eigenvalue weighted by Gasteiger charge is 2.35. The Hall–Kier alpha value is -3.19. The molecule has 7 heteroatoms. The van der Waals surface area contributed by atoms with Crippen LogP contribution < -0.4 is 15.5 Å². The molecule has 0 saturated carbocycles. The molecule has 1 unspecified atom stereocenters. The maximum Gasteiger partial charge on any atom is 0.253 e. The number of hydrogen-bond acceptors (Lipinski definition) is 4. The first kappa shape index (κ1) is 22.5. The molecule has 1 saturated heterocycles. The molecule has 1 atom stereocenters. The molecule has 3 rings (SSSR count). The fourth-order valence-electron chi connectivity index (χ4n) is 3.57. The Morgan fingerprint density at radius 3 is 2.68 bits per heavy atom. The number of anilines is 2. The average molecular weight is 424 g/mol. The standard InChI is InChI=1S/C24H29N3O4/c1-16(2)17-7-6-8-19(13-17)27-15-18(14-22(27)28)23(29)26-21-10-5-4-9-20(21)24(30)25-11-12-31-3/h4-10,13,16,18H,11-12,14-15H2,1-3H3,(H,25,30)(H,26,29). The van der Waals surface area contributed by atoms with Crippen molar-refractivity contribution in [1.82, 2.24) is 5.32 Å². The van der Waals surface area contributed by atoms with Crippen LogP contribution in [0.3, 0.4) is 0 Å². The predicted octanol–water partition coefficient (Wildman–Crippen LogP) is 3.18. The molecule has 0 radical (unpaired) electrons. The van der Waals surface area contributed by atoms with E-state index in [0.717, 1.165) is 11.3 Å². The van der Waals surface area contributed by atoms with Crippen molar-refractivity contribution in [3.63, 3.8) is 0 Å². The topological polar surface area (TPSA) is 87.7 Å². The number of carbonyl (C=O) groups is 3. The number of amides is 3. The number of hydrogen-bond donors (Lipinski definition) is 2. The minimum atomic E-state index is -0.486. The van der Waals surface area contributed by atoms with E-state index >= 15 is 0 Å². The van der Waals surface area contributed by atoms with Crippen LogP contribution in [0.5, 0.6) is 0 Å². The zero-order chi connectivity index (χ0) is 22.4. The Morgan fingerprint density at radius 1 is 1.16 bits per heavy atom. The molecule has 1 heterocycles. The van der Waals surface area contributed by atoms with Crippen molar-refractivity contribution in [1.29, 1.82) is 0 Å². The second-order valence-electron chi connectivity index (χ2n) is 7.94. The molecule has 1 aliphatic rings. The van der Waals surface area contributed by atoms with Crippen molar-refractivity contribution < 1.29 is 19.1 Å². The van der Waals surface area contributed by atoms with Gasteiger partial charge in [0.1, 0.15) is 0 Å². The number of nitrogens with zero attached hydrogens (tertiary/aromatic N) is 1. The van der Waals surface area contributed by atoms with Gasteiger partial charge in [0.25, 0.3) is 5.91 Å². The second kappa shape index (κ2) is 10.2. The van der Waals surface area contributed by atoms with Crippen LogP contribution in [0.15, 0.2) is 48.5 Å². The lowest BCUT2D eigenvalue weighted by atomic mass is 10.0. The minimum absolute atomic E-state index is 0.0772. The summed E-state index contributed by atoms with van der Waals surface area (Å²) in [7, 11) is 1.56. The highest BCUT2D eigenvalue weighted by atomic mass is 16.5. The lowest BCUT2D eigenvalue weighted by Crippen LogP contribution is -2.30. The molecular weight excluding hydrogens is 394 g/mol. The summed E-state index contributed by atoms with van der Waals surface area (Å²) in [5.41, 5.74) is 2.75. The summed E-state index contributed by atoms with van der Waals surface area (Å²) in [6, 6.07) is 14.7. The van der Waals surface area contributed by atoms with Crippen LogP contribution in [-0.2, 0) is 14.3 Å². The Bertz CT molecular complexity index is 957. The Morgan fingerprint density at radius 2 is 1.94 bits per heavy atom. The molecule has 2 aromatic carbocycles. The minimum Gasteiger partial charge on any atom is -0.383 e. The number of rotatable bonds is 8. The van der Waals surface area contributed by atoms with E-state index in [1.54, 1.807) is 36.3 Å². The summed E-state index contributed by atoms with van der Waals surface area (Å²) in [4.78, 5) is 39.6. The normalized spacial score (nSPS) is 15.9. The molecule has 1 aliphatic heterocycles. The molecule has 0 aromatic heterocycles. The fourth-order valence-corrected chi connectivity index (χ4v) is 3.57. The van der Waals surface area contributed by atoms with Gasteiger partial charge in [-0.1, -0.05) is 38.1 Å². The van der Waals surface area contributed by atoms with Gasteiger partial charge < -0.3 is 20.3 Å². The first-order valence-corrected chi connectivity index (χ1v) is 10.5. The maximum absolute atomic E-state index is 12.9. The van der Waals surface area contributed by atoms with E-state index in [2.05, 4.69) is 24.5 Å². The first-order valence-electron chi connectivity index (χ1n) is 10.5. The third-order valence-corrected chi connectivity index (χ3v) is 5.37. The van der Waals surface area contributed by atoms with E-state index in [9.17, 15) is 14.4 Å². The van der Waals surface area contributed by atoms with Crippen molar-refractivity contribution in [2.45, 2.75) is 26.2 Å². The Balaban J connectivity index is 1.69. The van der Waals surface area contributed by atoms with Crippen LogP contribution in [0, 0.1) is 5.92 Å². The smallest absolute Gasteiger partial charge is 0.253 e. The third-order valence-electron chi connectivity index (χ3n) is 5.37. The highest BCUT2D eigenvalue weighted by Crippen LogP contribution is 2.29. The van der Waals surface area contributed by atoms with Gasteiger partial charge >= 0.3 is 0 Å². The number of carbonyl (C=O) groups excluding carboxylic acids is 3. The molecule has 3 amide bonds. The van der Waals surface area contributed by atoms with Gasteiger partial charge in [-0.3, -0.25) is 14.4 Å². The molecule has 0 bridgehead atoms. The van der Waals surface area contributed by atoms with Crippen LogP contribution in [0.4, 0.5) is 11.4 Å². The SMILES string of the molecule is COCCNC(=O)c1ccccc1NC(=O)C1CC(=O)N(c2cccc(C(C)C)c2)C1. The number of ether oxygens (including phenoxy) is 1. The maximum atomic E-state index is 12.9. The van der Waals surface area contributed by atoms with Crippen molar-refractivity contribution in [2.24, 2.45) is 5.92 Å². The van der Waals surface area contributed by atoms with E-state index < -0.39 is 5.92 Å². The van der Waals surface area contributed by atoms with Gasteiger partial charge in [-0.2, -0.15) is 0 Å². The molecule has 7 nitrogen and oxygen atoms in total. The largest absolute Gasteiger partial charge is 0.383 e. The summed E-state index contributed by atoms with van der Waals surface area (Å²) in [5.74, 6) is -0.773. The summed E-state index contributed by atoms with van der Waals surface area (Å²) >= 11 is 0. The molecule has 164 valence electrons. The van der Waals surface area contributed by atoms with Crippen LogP contribution >= 0.6 is 0 Å². The summed E-state index contributed by atoms with van der Waals surface area (Å²) in [6.45, 7) is 5.29. The fraction of sp³-hybridized carbons (Fsp3) is 0.375. The van der Waals surface area contributed by atoms with Gasteiger partial charge in [0.05, 0.1) is 23.8 Å². The van der Waals surface area contributed by atoms with E-state index in [-0.39, 0.29) is 24.1 Å². The second-order valence-corrected chi connectivity index (χ2v) is 7.94. The van der Waals surface area contributed by atoms with Crippen molar-refractivity contribution >= 4 is 29.1 Å². The summed E-state index contributed by atoms with van der Waals surface area (Å²) in [6.07, 6.45) is 0.139. The predicted molar refractivity (Wildman–Crippen MR) is 120 cm³/mol. The van der Waals surface area contributed by atoms with E-state index in [1.165, 1.54) is 0 Å². The zero-order valence-corrected chi connectivity index (χ0v) is 18.2.